The Morgan fingerprint density at radius 3 is 2.90 bits per heavy atom. The molecule has 0 radical (unpaired) electrons. The Kier molecular flexibility index (Phi) is 6.47. The van der Waals surface area contributed by atoms with Crippen LogP contribution >= 0.6 is 12.2 Å². The van der Waals surface area contributed by atoms with Crippen molar-refractivity contribution < 1.29 is 4.74 Å². The SMILES string of the molecule is CN(C)CCCN1C(=S)NC(c2ccccn2)C1c1cccn1CC1CCCO1. The van der Waals surface area contributed by atoms with Crippen LogP contribution in [-0.4, -0.2) is 64.4 Å². The highest BCUT2D eigenvalue weighted by Crippen LogP contribution is 2.39. The molecule has 0 spiro atoms. The van der Waals surface area contributed by atoms with Crippen molar-refractivity contribution >= 4 is 17.3 Å². The lowest BCUT2D eigenvalue weighted by molar-refractivity contribution is 0.0953. The molecule has 7 heteroatoms. The molecule has 6 nitrogen and oxygen atoms in total. The van der Waals surface area contributed by atoms with Crippen molar-refractivity contribution in [3.8, 4) is 0 Å². The summed E-state index contributed by atoms with van der Waals surface area (Å²) >= 11 is 5.77. The van der Waals surface area contributed by atoms with Crippen LogP contribution in [0.1, 0.15) is 42.7 Å². The van der Waals surface area contributed by atoms with E-state index >= 15 is 0 Å². The first-order valence-corrected chi connectivity index (χ1v) is 10.9. The van der Waals surface area contributed by atoms with Gasteiger partial charge in [-0.3, -0.25) is 4.98 Å². The lowest BCUT2D eigenvalue weighted by Crippen LogP contribution is -2.33. The summed E-state index contributed by atoms with van der Waals surface area (Å²) in [5.74, 6) is 0. The summed E-state index contributed by atoms with van der Waals surface area (Å²) in [5, 5.41) is 4.37. The van der Waals surface area contributed by atoms with Crippen molar-refractivity contribution in [3.05, 3.63) is 54.1 Å². The third-order valence-corrected chi connectivity index (χ3v) is 6.15. The molecule has 2 saturated heterocycles. The molecule has 2 aliphatic heterocycles. The Bertz CT molecular complexity index is 803. The van der Waals surface area contributed by atoms with Crippen LogP contribution < -0.4 is 5.32 Å². The number of aromatic nitrogens is 2. The Morgan fingerprint density at radius 2 is 2.17 bits per heavy atom. The smallest absolute Gasteiger partial charge is 0.170 e. The zero-order chi connectivity index (χ0) is 20.2. The Labute approximate surface area is 178 Å². The maximum absolute atomic E-state index is 5.90. The molecule has 0 amide bonds. The molecule has 1 N–H and O–H groups in total. The van der Waals surface area contributed by atoms with E-state index in [-0.39, 0.29) is 12.1 Å². The summed E-state index contributed by atoms with van der Waals surface area (Å²) in [4.78, 5) is 9.21. The van der Waals surface area contributed by atoms with E-state index in [1.54, 1.807) is 0 Å². The second kappa shape index (κ2) is 9.24. The first-order valence-electron chi connectivity index (χ1n) is 10.5. The second-order valence-electron chi connectivity index (χ2n) is 8.20. The van der Waals surface area contributed by atoms with Crippen molar-refractivity contribution in [2.45, 2.75) is 44.0 Å². The first-order chi connectivity index (χ1) is 14.1. The van der Waals surface area contributed by atoms with Gasteiger partial charge in [-0.1, -0.05) is 6.07 Å². The van der Waals surface area contributed by atoms with Crippen LogP contribution in [0.15, 0.2) is 42.7 Å². The van der Waals surface area contributed by atoms with E-state index in [1.807, 2.05) is 18.3 Å². The van der Waals surface area contributed by atoms with E-state index in [1.165, 1.54) is 5.69 Å². The van der Waals surface area contributed by atoms with Crippen LogP contribution in [0.25, 0.3) is 0 Å². The molecule has 0 aliphatic carbocycles. The minimum atomic E-state index is 0.0428. The quantitative estimate of drug-likeness (QED) is 0.672. The van der Waals surface area contributed by atoms with Gasteiger partial charge >= 0.3 is 0 Å². The third-order valence-electron chi connectivity index (χ3n) is 5.79. The van der Waals surface area contributed by atoms with E-state index in [0.717, 1.165) is 56.3 Å². The molecule has 2 fully saturated rings. The van der Waals surface area contributed by atoms with Gasteiger partial charge < -0.3 is 24.4 Å². The van der Waals surface area contributed by atoms with Gasteiger partial charge in [0.15, 0.2) is 5.11 Å². The number of hydrogen-bond donors (Lipinski definition) is 1. The van der Waals surface area contributed by atoms with Crippen molar-refractivity contribution in [1.82, 2.24) is 24.7 Å². The highest BCUT2D eigenvalue weighted by molar-refractivity contribution is 7.80. The summed E-state index contributed by atoms with van der Waals surface area (Å²) in [6.07, 6.45) is 7.69. The lowest BCUT2D eigenvalue weighted by Gasteiger charge is -2.29. The number of nitrogens with one attached hydrogen (secondary N) is 1. The van der Waals surface area contributed by atoms with E-state index in [0.29, 0.717) is 6.10 Å². The topological polar surface area (TPSA) is 45.6 Å². The summed E-state index contributed by atoms with van der Waals surface area (Å²) < 4.78 is 8.25. The van der Waals surface area contributed by atoms with Crippen LogP contribution in [0, 0.1) is 0 Å². The highest BCUT2D eigenvalue weighted by atomic mass is 32.1. The average molecular weight is 414 g/mol. The van der Waals surface area contributed by atoms with Crippen molar-refractivity contribution in [1.29, 1.82) is 0 Å². The van der Waals surface area contributed by atoms with Crippen molar-refractivity contribution in [2.75, 3.05) is 33.8 Å². The first kappa shape index (κ1) is 20.3. The molecule has 0 aromatic carbocycles. The van der Waals surface area contributed by atoms with E-state index in [4.69, 9.17) is 17.0 Å². The normalized spacial score (nSPS) is 24.4. The van der Waals surface area contributed by atoms with Crippen molar-refractivity contribution in [2.24, 2.45) is 0 Å². The van der Waals surface area contributed by atoms with Crippen molar-refractivity contribution in [3.63, 3.8) is 0 Å². The number of hydrogen-bond acceptors (Lipinski definition) is 4. The molecule has 2 aliphatic rings. The Morgan fingerprint density at radius 1 is 1.28 bits per heavy atom. The summed E-state index contributed by atoms with van der Waals surface area (Å²) in [6.45, 7) is 3.73. The van der Waals surface area contributed by atoms with Gasteiger partial charge in [-0.2, -0.15) is 0 Å². The summed E-state index contributed by atoms with van der Waals surface area (Å²) in [6, 6.07) is 10.6. The number of pyridine rings is 1. The zero-order valence-corrected chi connectivity index (χ0v) is 18.1. The monoisotopic (exact) mass is 413 g/mol. The minimum absolute atomic E-state index is 0.0428. The fourth-order valence-corrected chi connectivity index (χ4v) is 4.73. The van der Waals surface area contributed by atoms with E-state index in [9.17, 15) is 0 Å². The highest BCUT2D eigenvalue weighted by Gasteiger charge is 2.41. The van der Waals surface area contributed by atoms with Gasteiger partial charge in [-0.25, -0.2) is 0 Å². The van der Waals surface area contributed by atoms with Crippen LogP contribution in [0.4, 0.5) is 0 Å². The van der Waals surface area contributed by atoms with Gasteiger partial charge in [-0.15, -0.1) is 0 Å². The molecular formula is C22H31N5OS. The molecular weight excluding hydrogens is 382 g/mol. The van der Waals surface area contributed by atoms with Gasteiger partial charge in [0.25, 0.3) is 0 Å². The maximum Gasteiger partial charge on any atom is 0.170 e. The van der Waals surface area contributed by atoms with Gasteiger partial charge in [0.05, 0.1) is 23.9 Å². The second-order valence-corrected chi connectivity index (χ2v) is 8.58. The number of thiocarbonyl (C=S) groups is 1. The molecule has 2 aromatic rings. The molecule has 3 atom stereocenters. The molecule has 0 bridgehead atoms. The number of rotatable bonds is 8. The average Bonchev–Trinajstić information content (AvgIpc) is 3.44. The van der Waals surface area contributed by atoms with Crippen LogP contribution in [-0.2, 0) is 11.3 Å². The molecule has 4 rings (SSSR count). The predicted octanol–water partition coefficient (Wildman–Crippen LogP) is 2.99. The largest absolute Gasteiger partial charge is 0.376 e. The fourth-order valence-electron chi connectivity index (χ4n) is 4.39. The van der Waals surface area contributed by atoms with Gasteiger partial charge in [-0.05, 0) is 76.4 Å². The van der Waals surface area contributed by atoms with E-state index < -0.39 is 0 Å². The van der Waals surface area contributed by atoms with Crippen LogP contribution in [0.3, 0.4) is 0 Å². The molecule has 4 heterocycles. The maximum atomic E-state index is 5.90. The summed E-state index contributed by atoms with van der Waals surface area (Å²) in [5.41, 5.74) is 2.30. The van der Waals surface area contributed by atoms with Gasteiger partial charge in [0, 0.05) is 37.8 Å². The van der Waals surface area contributed by atoms with Crippen LogP contribution in [0.5, 0.6) is 0 Å². The minimum Gasteiger partial charge on any atom is -0.376 e. The molecule has 3 unspecified atom stereocenters. The number of nitrogens with zero attached hydrogens (tertiary/aromatic N) is 4. The molecule has 2 aromatic heterocycles. The fraction of sp³-hybridized carbons (Fsp3) is 0.545. The van der Waals surface area contributed by atoms with Crippen LogP contribution in [0.2, 0.25) is 0 Å². The van der Waals surface area contributed by atoms with Gasteiger partial charge in [0.2, 0.25) is 0 Å². The Hall–Kier alpha value is -1.96. The summed E-state index contributed by atoms with van der Waals surface area (Å²) in [7, 11) is 4.23. The van der Waals surface area contributed by atoms with Gasteiger partial charge in [0.1, 0.15) is 0 Å². The Balaban J connectivity index is 1.62. The predicted molar refractivity (Wildman–Crippen MR) is 119 cm³/mol. The standard InChI is InChI=1S/C22H31N5OS/c1-25(2)12-7-14-27-21(20(24-22(27)29)18-9-3-4-11-23-18)19-10-5-13-26(19)16-17-8-6-15-28-17/h3-5,9-11,13,17,20-21H,6-8,12,14-16H2,1-2H3,(H,24,29). The molecule has 0 saturated carbocycles. The zero-order valence-electron chi connectivity index (χ0n) is 17.3. The lowest BCUT2D eigenvalue weighted by atomic mass is 10.0. The molecule has 29 heavy (non-hydrogen) atoms. The third kappa shape index (κ3) is 4.63. The van der Waals surface area contributed by atoms with E-state index in [2.05, 4.69) is 63.2 Å². The molecule has 156 valence electrons. The number of ether oxygens (including phenoxy) is 1.